The summed E-state index contributed by atoms with van der Waals surface area (Å²) in [5, 5.41) is 3.30. The maximum atomic E-state index is 12.0. The highest BCUT2D eigenvalue weighted by Gasteiger charge is 2.27. The molecule has 1 saturated heterocycles. The summed E-state index contributed by atoms with van der Waals surface area (Å²) in [5.41, 5.74) is 0.983. The zero-order chi connectivity index (χ0) is 14.6. The van der Waals surface area contributed by atoms with Gasteiger partial charge in [0.2, 0.25) is 0 Å². The lowest BCUT2D eigenvalue weighted by Gasteiger charge is -2.35. The van der Waals surface area contributed by atoms with Crippen molar-refractivity contribution in [1.82, 2.24) is 5.32 Å². The molecule has 112 valence electrons. The van der Waals surface area contributed by atoms with Crippen molar-refractivity contribution in [3.05, 3.63) is 29.8 Å². The Labute approximate surface area is 117 Å². The van der Waals surface area contributed by atoms with Gasteiger partial charge in [-0.15, -0.1) is 0 Å². The third-order valence-corrected chi connectivity index (χ3v) is 3.01. The molecule has 0 amide bonds. The predicted octanol–water partition coefficient (Wildman–Crippen LogP) is 2.53. The molecule has 1 aromatic rings. The van der Waals surface area contributed by atoms with E-state index in [1.54, 1.807) is 12.1 Å². The van der Waals surface area contributed by atoms with Gasteiger partial charge in [0.05, 0.1) is 19.3 Å². The van der Waals surface area contributed by atoms with Crippen molar-refractivity contribution in [3.63, 3.8) is 0 Å². The van der Waals surface area contributed by atoms with Crippen LogP contribution in [0.15, 0.2) is 24.3 Å². The van der Waals surface area contributed by atoms with E-state index in [0.29, 0.717) is 19.8 Å². The topological polar surface area (TPSA) is 39.7 Å². The van der Waals surface area contributed by atoms with E-state index in [1.807, 2.05) is 13.8 Å². The summed E-state index contributed by atoms with van der Waals surface area (Å²) in [6, 6.07) is 6.68. The molecule has 1 N–H and O–H groups in total. The Hall–Kier alpha value is -1.24. The molecule has 0 saturated carbocycles. The van der Waals surface area contributed by atoms with Crippen molar-refractivity contribution in [2.45, 2.75) is 38.8 Å². The van der Waals surface area contributed by atoms with Gasteiger partial charge in [-0.3, -0.25) is 0 Å². The molecule has 1 heterocycles. The van der Waals surface area contributed by atoms with Crippen LogP contribution in [0.5, 0.6) is 5.75 Å². The molecule has 2 rings (SSSR count). The molecule has 0 spiro atoms. The highest BCUT2D eigenvalue weighted by atomic mass is 19.3. The summed E-state index contributed by atoms with van der Waals surface area (Å²) in [7, 11) is 0. The third-order valence-electron chi connectivity index (χ3n) is 3.01. The van der Waals surface area contributed by atoms with Crippen LogP contribution in [0.4, 0.5) is 8.78 Å². The number of rotatable bonds is 5. The van der Waals surface area contributed by atoms with Gasteiger partial charge in [0.25, 0.3) is 0 Å². The predicted molar refractivity (Wildman–Crippen MR) is 69.7 cm³/mol. The van der Waals surface area contributed by atoms with Crippen molar-refractivity contribution in [2.24, 2.45) is 0 Å². The van der Waals surface area contributed by atoms with Gasteiger partial charge in [-0.1, -0.05) is 12.1 Å². The highest BCUT2D eigenvalue weighted by molar-refractivity contribution is 5.27. The summed E-state index contributed by atoms with van der Waals surface area (Å²) >= 11 is 0. The summed E-state index contributed by atoms with van der Waals surface area (Å²) in [6.45, 7) is 2.75. The van der Waals surface area contributed by atoms with Crippen LogP contribution in [0.25, 0.3) is 0 Å². The minimum absolute atomic E-state index is 0.125. The second kappa shape index (κ2) is 6.47. The molecule has 6 heteroatoms. The number of ether oxygens (including phenoxy) is 3. The third kappa shape index (κ3) is 4.70. The van der Waals surface area contributed by atoms with E-state index >= 15 is 0 Å². The first kappa shape index (κ1) is 15.2. The van der Waals surface area contributed by atoms with Crippen molar-refractivity contribution in [3.8, 4) is 5.75 Å². The number of nitrogens with one attached hydrogen (secondary N) is 1. The summed E-state index contributed by atoms with van der Waals surface area (Å²) < 4.78 is 39.4. The van der Waals surface area contributed by atoms with Gasteiger partial charge in [-0.25, -0.2) is 0 Å². The monoisotopic (exact) mass is 287 g/mol. The quantitative estimate of drug-likeness (QED) is 0.903. The van der Waals surface area contributed by atoms with E-state index in [-0.39, 0.29) is 11.8 Å². The lowest BCUT2D eigenvalue weighted by molar-refractivity contribution is -0.253. The molecule has 0 atom stereocenters. The molecule has 0 unspecified atom stereocenters. The van der Waals surface area contributed by atoms with Crippen LogP contribution in [0.3, 0.4) is 0 Å². The van der Waals surface area contributed by atoms with Gasteiger partial charge >= 0.3 is 6.61 Å². The number of benzene rings is 1. The van der Waals surface area contributed by atoms with E-state index in [1.165, 1.54) is 12.1 Å². The molecule has 1 aliphatic heterocycles. The molecule has 1 aliphatic rings. The fourth-order valence-corrected chi connectivity index (χ4v) is 1.86. The van der Waals surface area contributed by atoms with Crippen molar-refractivity contribution >= 4 is 0 Å². The minimum atomic E-state index is -2.79. The van der Waals surface area contributed by atoms with Crippen LogP contribution in [0.2, 0.25) is 0 Å². The van der Waals surface area contributed by atoms with Crippen LogP contribution < -0.4 is 10.1 Å². The van der Waals surface area contributed by atoms with Gasteiger partial charge in [0, 0.05) is 6.54 Å². The normalized spacial score (nSPS) is 19.2. The average Bonchev–Trinajstić information content (AvgIpc) is 2.38. The van der Waals surface area contributed by atoms with Crippen molar-refractivity contribution < 1.29 is 23.0 Å². The number of alkyl halides is 2. The van der Waals surface area contributed by atoms with Crippen LogP contribution in [-0.2, 0) is 16.0 Å². The highest BCUT2D eigenvalue weighted by Crippen LogP contribution is 2.18. The minimum Gasteiger partial charge on any atom is -0.435 e. The Balaban J connectivity index is 1.77. The maximum Gasteiger partial charge on any atom is 0.387 e. The maximum absolute atomic E-state index is 12.0. The molecule has 4 nitrogen and oxygen atoms in total. The first-order valence-corrected chi connectivity index (χ1v) is 6.50. The van der Waals surface area contributed by atoms with E-state index < -0.39 is 12.4 Å². The molecule has 0 bridgehead atoms. The SMILES string of the molecule is CC1(C)OCC(NCc2ccc(OC(F)F)cc2)CO1. The Morgan fingerprint density at radius 1 is 1.25 bits per heavy atom. The zero-order valence-corrected chi connectivity index (χ0v) is 11.6. The van der Waals surface area contributed by atoms with Crippen molar-refractivity contribution in [1.29, 1.82) is 0 Å². The summed E-state index contributed by atoms with van der Waals surface area (Å²) in [5.74, 6) is -0.360. The van der Waals surface area contributed by atoms with Crippen molar-refractivity contribution in [2.75, 3.05) is 13.2 Å². The summed E-state index contributed by atoms with van der Waals surface area (Å²) in [4.78, 5) is 0. The van der Waals surface area contributed by atoms with Gasteiger partial charge < -0.3 is 19.5 Å². The first-order valence-electron chi connectivity index (χ1n) is 6.50. The fourth-order valence-electron chi connectivity index (χ4n) is 1.86. The second-order valence-corrected chi connectivity index (χ2v) is 5.12. The number of hydrogen-bond donors (Lipinski definition) is 1. The second-order valence-electron chi connectivity index (χ2n) is 5.12. The molecule has 0 radical (unpaired) electrons. The Morgan fingerprint density at radius 2 is 1.85 bits per heavy atom. The average molecular weight is 287 g/mol. The van der Waals surface area contributed by atoms with Crippen LogP contribution in [0, 0.1) is 0 Å². The molecule has 20 heavy (non-hydrogen) atoms. The summed E-state index contributed by atoms with van der Waals surface area (Å²) in [6.07, 6.45) is 0. The van der Waals surface area contributed by atoms with E-state index in [9.17, 15) is 8.78 Å². The Kier molecular flexibility index (Phi) is 4.91. The number of hydrogen-bond acceptors (Lipinski definition) is 4. The number of halogens is 2. The lowest BCUT2D eigenvalue weighted by Crippen LogP contribution is -2.48. The Morgan fingerprint density at radius 3 is 2.40 bits per heavy atom. The molecular weight excluding hydrogens is 268 g/mol. The smallest absolute Gasteiger partial charge is 0.387 e. The fraction of sp³-hybridized carbons (Fsp3) is 0.571. The molecule has 0 aromatic heterocycles. The standard InChI is InChI=1S/C14H19F2NO3/c1-14(2)18-8-11(9-19-14)17-7-10-3-5-12(6-4-10)20-13(15)16/h3-6,11,13,17H,7-9H2,1-2H3. The molecule has 1 fully saturated rings. The van der Waals surface area contributed by atoms with E-state index in [4.69, 9.17) is 9.47 Å². The van der Waals surface area contributed by atoms with Gasteiger partial charge in [0.1, 0.15) is 5.75 Å². The van der Waals surface area contributed by atoms with Gasteiger partial charge in [-0.2, -0.15) is 8.78 Å². The first-order chi connectivity index (χ1) is 9.44. The van der Waals surface area contributed by atoms with Crippen LogP contribution >= 0.6 is 0 Å². The Bertz CT molecular complexity index is 413. The van der Waals surface area contributed by atoms with Gasteiger partial charge in [-0.05, 0) is 31.5 Å². The van der Waals surface area contributed by atoms with Crippen LogP contribution in [0.1, 0.15) is 19.4 Å². The van der Waals surface area contributed by atoms with E-state index in [2.05, 4.69) is 10.1 Å². The molecular formula is C14H19F2NO3. The zero-order valence-electron chi connectivity index (χ0n) is 11.6. The van der Waals surface area contributed by atoms with Crippen LogP contribution in [-0.4, -0.2) is 31.7 Å². The largest absolute Gasteiger partial charge is 0.435 e. The van der Waals surface area contributed by atoms with E-state index in [0.717, 1.165) is 5.56 Å². The van der Waals surface area contributed by atoms with Gasteiger partial charge in [0.15, 0.2) is 5.79 Å². The lowest BCUT2D eigenvalue weighted by atomic mass is 10.2. The molecule has 1 aromatic carbocycles. The molecule has 0 aliphatic carbocycles.